The van der Waals surface area contributed by atoms with Gasteiger partial charge in [0.15, 0.2) is 0 Å². The van der Waals surface area contributed by atoms with Gasteiger partial charge in [0, 0.05) is 12.7 Å². The molecule has 2 nitrogen and oxygen atoms in total. The number of rotatable bonds is 5. The molecule has 0 fully saturated rings. The van der Waals surface area contributed by atoms with Crippen LogP contribution in [0.1, 0.15) is 28.3 Å². The van der Waals surface area contributed by atoms with Gasteiger partial charge in [-0.05, 0) is 30.5 Å². The van der Waals surface area contributed by atoms with E-state index in [9.17, 15) is 4.39 Å². The SMILES string of the molecule is COCCc1ccc(C(N)c2cc(C)ccc2F)cc1. The molecule has 2 N–H and O–H groups in total. The fraction of sp³-hybridized carbons (Fsp3) is 0.294. The zero-order valence-corrected chi connectivity index (χ0v) is 11.9. The third kappa shape index (κ3) is 3.44. The number of hydrogen-bond donors (Lipinski definition) is 1. The molecule has 1 atom stereocenters. The summed E-state index contributed by atoms with van der Waals surface area (Å²) in [5, 5.41) is 0. The van der Waals surface area contributed by atoms with E-state index >= 15 is 0 Å². The lowest BCUT2D eigenvalue weighted by atomic mass is 9.96. The molecule has 0 bridgehead atoms. The Balaban J connectivity index is 2.20. The van der Waals surface area contributed by atoms with Crippen LogP contribution >= 0.6 is 0 Å². The maximum absolute atomic E-state index is 13.9. The van der Waals surface area contributed by atoms with Crippen molar-refractivity contribution in [2.75, 3.05) is 13.7 Å². The van der Waals surface area contributed by atoms with E-state index in [1.165, 1.54) is 11.6 Å². The molecule has 1 unspecified atom stereocenters. The molecule has 0 saturated heterocycles. The topological polar surface area (TPSA) is 35.2 Å². The van der Waals surface area contributed by atoms with Gasteiger partial charge in [-0.2, -0.15) is 0 Å². The Morgan fingerprint density at radius 1 is 1.15 bits per heavy atom. The molecule has 20 heavy (non-hydrogen) atoms. The number of methoxy groups -OCH3 is 1. The molecule has 0 heterocycles. The predicted octanol–water partition coefficient (Wildman–Crippen LogP) is 3.37. The molecular weight excluding hydrogens is 253 g/mol. The van der Waals surface area contributed by atoms with E-state index in [-0.39, 0.29) is 5.82 Å². The van der Waals surface area contributed by atoms with Crippen LogP contribution in [0.15, 0.2) is 42.5 Å². The normalized spacial score (nSPS) is 12.4. The van der Waals surface area contributed by atoms with Crippen molar-refractivity contribution in [2.24, 2.45) is 5.73 Å². The van der Waals surface area contributed by atoms with Gasteiger partial charge in [0.1, 0.15) is 5.82 Å². The third-order valence-electron chi connectivity index (χ3n) is 3.42. The highest BCUT2D eigenvalue weighted by molar-refractivity contribution is 5.35. The molecule has 2 aromatic carbocycles. The van der Waals surface area contributed by atoms with E-state index in [2.05, 4.69) is 0 Å². The Labute approximate surface area is 119 Å². The van der Waals surface area contributed by atoms with Gasteiger partial charge in [0.2, 0.25) is 0 Å². The second-order valence-electron chi connectivity index (χ2n) is 4.99. The average Bonchev–Trinajstić information content (AvgIpc) is 2.47. The Hall–Kier alpha value is -1.71. The van der Waals surface area contributed by atoms with Crippen molar-refractivity contribution in [3.05, 3.63) is 70.5 Å². The molecule has 0 aliphatic heterocycles. The number of hydrogen-bond acceptors (Lipinski definition) is 2. The summed E-state index contributed by atoms with van der Waals surface area (Å²) in [7, 11) is 1.69. The molecule has 2 aromatic rings. The fourth-order valence-corrected chi connectivity index (χ4v) is 2.19. The van der Waals surface area contributed by atoms with E-state index in [1.54, 1.807) is 19.2 Å². The van der Waals surface area contributed by atoms with Crippen LogP contribution in [0.4, 0.5) is 4.39 Å². The van der Waals surface area contributed by atoms with Gasteiger partial charge >= 0.3 is 0 Å². The quantitative estimate of drug-likeness (QED) is 0.906. The fourth-order valence-electron chi connectivity index (χ4n) is 2.19. The maximum Gasteiger partial charge on any atom is 0.128 e. The lowest BCUT2D eigenvalue weighted by Gasteiger charge is -2.15. The van der Waals surface area contributed by atoms with Crippen molar-refractivity contribution in [1.29, 1.82) is 0 Å². The highest BCUT2D eigenvalue weighted by Gasteiger charge is 2.13. The minimum atomic E-state index is -0.439. The summed E-state index contributed by atoms with van der Waals surface area (Å²) in [6, 6.07) is 12.5. The van der Waals surface area contributed by atoms with Crippen LogP contribution in [-0.2, 0) is 11.2 Å². The summed E-state index contributed by atoms with van der Waals surface area (Å²) in [5.74, 6) is -0.258. The van der Waals surface area contributed by atoms with Crippen LogP contribution in [0.3, 0.4) is 0 Å². The molecule has 0 aromatic heterocycles. The van der Waals surface area contributed by atoms with Gasteiger partial charge in [-0.3, -0.25) is 0 Å². The number of nitrogens with two attached hydrogens (primary N) is 1. The molecule has 2 rings (SSSR count). The summed E-state index contributed by atoms with van der Waals surface area (Å²) in [6.45, 7) is 2.63. The lowest BCUT2D eigenvalue weighted by Crippen LogP contribution is -2.14. The first-order valence-electron chi connectivity index (χ1n) is 6.71. The minimum Gasteiger partial charge on any atom is -0.384 e. The van der Waals surface area contributed by atoms with Gasteiger partial charge in [0.05, 0.1) is 12.6 Å². The van der Waals surface area contributed by atoms with Crippen molar-refractivity contribution in [2.45, 2.75) is 19.4 Å². The summed E-state index contributed by atoms with van der Waals surface area (Å²) in [4.78, 5) is 0. The van der Waals surface area contributed by atoms with Gasteiger partial charge in [0.25, 0.3) is 0 Å². The molecule has 106 valence electrons. The molecule has 0 aliphatic rings. The van der Waals surface area contributed by atoms with Crippen LogP contribution in [0.2, 0.25) is 0 Å². The highest BCUT2D eigenvalue weighted by atomic mass is 19.1. The third-order valence-corrected chi connectivity index (χ3v) is 3.42. The Morgan fingerprint density at radius 3 is 2.50 bits per heavy atom. The van der Waals surface area contributed by atoms with Crippen molar-refractivity contribution >= 4 is 0 Å². The zero-order chi connectivity index (χ0) is 14.5. The smallest absolute Gasteiger partial charge is 0.128 e. The van der Waals surface area contributed by atoms with Crippen molar-refractivity contribution in [1.82, 2.24) is 0 Å². The molecular formula is C17H20FNO. The predicted molar refractivity (Wildman–Crippen MR) is 79.2 cm³/mol. The lowest BCUT2D eigenvalue weighted by molar-refractivity contribution is 0.202. The van der Waals surface area contributed by atoms with Gasteiger partial charge in [-0.15, -0.1) is 0 Å². The molecule has 0 aliphatic carbocycles. The maximum atomic E-state index is 13.9. The van der Waals surface area contributed by atoms with Gasteiger partial charge in [-0.25, -0.2) is 4.39 Å². The van der Waals surface area contributed by atoms with E-state index in [4.69, 9.17) is 10.5 Å². The van der Waals surface area contributed by atoms with Gasteiger partial charge < -0.3 is 10.5 Å². The van der Waals surface area contributed by atoms with Crippen LogP contribution in [0.5, 0.6) is 0 Å². The standard InChI is InChI=1S/C17H20FNO/c1-12-3-8-16(18)15(11-12)17(19)14-6-4-13(5-7-14)9-10-20-2/h3-8,11,17H,9-10,19H2,1-2H3. The number of benzene rings is 2. The average molecular weight is 273 g/mol. The zero-order valence-electron chi connectivity index (χ0n) is 11.9. The first kappa shape index (κ1) is 14.7. The molecule has 0 amide bonds. The second kappa shape index (κ2) is 6.64. The Morgan fingerprint density at radius 2 is 1.85 bits per heavy atom. The summed E-state index contributed by atoms with van der Waals surface area (Å²) in [6.07, 6.45) is 0.866. The first-order chi connectivity index (χ1) is 9.61. The largest absolute Gasteiger partial charge is 0.384 e. The first-order valence-corrected chi connectivity index (χ1v) is 6.71. The van der Waals surface area contributed by atoms with E-state index in [1.807, 2.05) is 31.2 Å². The monoisotopic (exact) mass is 273 g/mol. The molecule has 0 radical (unpaired) electrons. The van der Waals surface area contributed by atoms with E-state index < -0.39 is 6.04 Å². The van der Waals surface area contributed by atoms with Crippen LogP contribution in [-0.4, -0.2) is 13.7 Å². The summed E-state index contributed by atoms with van der Waals surface area (Å²) in [5.41, 5.74) is 9.82. The minimum absolute atomic E-state index is 0.258. The summed E-state index contributed by atoms with van der Waals surface area (Å²) >= 11 is 0. The van der Waals surface area contributed by atoms with E-state index in [0.29, 0.717) is 12.2 Å². The number of ether oxygens (including phenoxy) is 1. The molecule has 0 saturated carbocycles. The van der Waals surface area contributed by atoms with Gasteiger partial charge in [-0.1, -0.05) is 42.0 Å². The van der Waals surface area contributed by atoms with Crippen LogP contribution in [0, 0.1) is 12.7 Å². The molecule has 3 heteroatoms. The van der Waals surface area contributed by atoms with Crippen molar-refractivity contribution < 1.29 is 9.13 Å². The number of aryl methyl sites for hydroxylation is 1. The number of halogens is 1. The van der Waals surface area contributed by atoms with Crippen LogP contribution in [0.25, 0.3) is 0 Å². The Bertz CT molecular complexity index is 566. The van der Waals surface area contributed by atoms with Crippen molar-refractivity contribution in [3.63, 3.8) is 0 Å². The summed E-state index contributed by atoms with van der Waals surface area (Å²) < 4.78 is 18.9. The Kier molecular flexibility index (Phi) is 4.88. The molecule has 0 spiro atoms. The highest BCUT2D eigenvalue weighted by Crippen LogP contribution is 2.23. The van der Waals surface area contributed by atoms with E-state index in [0.717, 1.165) is 17.5 Å². The van der Waals surface area contributed by atoms with Crippen LogP contribution < -0.4 is 5.73 Å². The van der Waals surface area contributed by atoms with Crippen molar-refractivity contribution in [3.8, 4) is 0 Å². The second-order valence-corrected chi connectivity index (χ2v) is 4.99.